The Morgan fingerprint density at radius 3 is 2.79 bits per heavy atom. The first-order chi connectivity index (χ1) is 15.8. The highest BCUT2D eigenvalue weighted by Crippen LogP contribution is 2.63. The Bertz CT molecular complexity index is 1280. The molecule has 2 aromatic heterocycles. The first-order valence-corrected chi connectivity index (χ1v) is 10.8. The average Bonchev–Trinajstić information content (AvgIpc) is 3.05. The fourth-order valence-corrected chi connectivity index (χ4v) is 5.30. The number of nitrogens with one attached hydrogen (secondary N) is 1. The molecule has 2 aliphatic heterocycles. The molecule has 7 nitrogen and oxygen atoms in total. The standard InChI is InChI=1S/C22H20F4N6O/c23-14-1-2-16(24)15(9-14)22-10-13(22)3-6-31(22)18-4-7-32-19(29-18)17(11-27-32)28-20(33)30-8-5-21(25,26)12-30/h1-2,4,7,9,11,13H,3,5-6,8,10,12H2,(H,28,33)/t13-,22+/m0/s1. The number of fused-ring (bicyclic) bond motifs is 2. The summed E-state index contributed by atoms with van der Waals surface area (Å²) < 4.78 is 57.0. The lowest BCUT2D eigenvalue weighted by Gasteiger charge is -2.30. The number of halogens is 4. The zero-order valence-electron chi connectivity index (χ0n) is 17.4. The van der Waals surface area contributed by atoms with Crippen molar-refractivity contribution in [2.45, 2.75) is 30.7 Å². The Labute approximate surface area is 186 Å². The van der Waals surface area contributed by atoms with Crippen molar-refractivity contribution in [2.75, 3.05) is 29.9 Å². The largest absolute Gasteiger partial charge is 0.346 e. The Morgan fingerprint density at radius 2 is 2.03 bits per heavy atom. The van der Waals surface area contributed by atoms with Gasteiger partial charge in [0.05, 0.1) is 18.3 Å². The number of nitrogens with zero attached hydrogens (tertiary/aromatic N) is 5. The first kappa shape index (κ1) is 20.3. The monoisotopic (exact) mass is 460 g/mol. The third-order valence-corrected chi connectivity index (χ3v) is 6.98. The molecule has 1 saturated carbocycles. The minimum atomic E-state index is -2.89. The number of aromatic nitrogens is 3. The number of hydrogen-bond donors (Lipinski definition) is 1. The second-order valence-corrected chi connectivity index (χ2v) is 8.96. The van der Waals surface area contributed by atoms with Crippen molar-refractivity contribution in [1.82, 2.24) is 19.5 Å². The molecule has 0 bridgehead atoms. The molecule has 172 valence electrons. The molecule has 33 heavy (non-hydrogen) atoms. The van der Waals surface area contributed by atoms with E-state index < -0.39 is 35.7 Å². The van der Waals surface area contributed by atoms with Crippen molar-refractivity contribution in [3.63, 3.8) is 0 Å². The Morgan fingerprint density at radius 1 is 1.18 bits per heavy atom. The zero-order valence-corrected chi connectivity index (χ0v) is 17.4. The highest BCUT2D eigenvalue weighted by atomic mass is 19.3. The summed E-state index contributed by atoms with van der Waals surface area (Å²) in [6.45, 7) is -0.0380. The maximum absolute atomic E-state index is 14.7. The average molecular weight is 460 g/mol. The van der Waals surface area contributed by atoms with Crippen LogP contribution in [0.15, 0.2) is 36.7 Å². The maximum atomic E-state index is 14.7. The first-order valence-electron chi connectivity index (χ1n) is 10.8. The van der Waals surface area contributed by atoms with Crippen LogP contribution in [-0.2, 0) is 5.54 Å². The lowest BCUT2D eigenvalue weighted by molar-refractivity contribution is 0.0159. The fourth-order valence-electron chi connectivity index (χ4n) is 5.30. The molecule has 1 N–H and O–H groups in total. The molecular weight excluding hydrogens is 440 g/mol. The number of carbonyl (C=O) groups is 1. The van der Waals surface area contributed by atoms with E-state index in [2.05, 4.69) is 15.4 Å². The number of likely N-dealkylation sites (tertiary alicyclic amines) is 1. The summed E-state index contributed by atoms with van der Waals surface area (Å²) in [5.74, 6) is -3.08. The molecule has 0 spiro atoms. The molecule has 0 radical (unpaired) electrons. The van der Waals surface area contributed by atoms with Crippen LogP contribution in [0.25, 0.3) is 5.65 Å². The van der Waals surface area contributed by atoms with Crippen LogP contribution >= 0.6 is 0 Å². The van der Waals surface area contributed by atoms with Crippen molar-refractivity contribution in [3.05, 3.63) is 53.9 Å². The predicted octanol–water partition coefficient (Wildman–Crippen LogP) is 4.01. The lowest BCUT2D eigenvalue weighted by Crippen LogP contribution is -2.35. The summed E-state index contributed by atoms with van der Waals surface area (Å²) >= 11 is 0. The van der Waals surface area contributed by atoms with E-state index in [0.29, 0.717) is 30.0 Å². The number of hydrogen-bond acceptors (Lipinski definition) is 4. The van der Waals surface area contributed by atoms with Gasteiger partial charge in [0.2, 0.25) is 0 Å². The molecule has 3 aliphatic rings. The van der Waals surface area contributed by atoms with Crippen LogP contribution in [-0.4, -0.2) is 51.1 Å². The maximum Gasteiger partial charge on any atom is 0.322 e. The normalized spacial score (nSPS) is 25.5. The molecule has 1 aromatic carbocycles. The third-order valence-electron chi connectivity index (χ3n) is 6.98. The Balaban J connectivity index is 1.32. The highest BCUT2D eigenvalue weighted by Gasteiger charge is 2.64. The number of piperidine rings is 1. The molecule has 6 rings (SSSR count). The van der Waals surface area contributed by atoms with Crippen LogP contribution in [0.3, 0.4) is 0 Å². The summed E-state index contributed by atoms with van der Waals surface area (Å²) in [4.78, 5) is 20.2. The van der Waals surface area contributed by atoms with Gasteiger partial charge < -0.3 is 15.1 Å². The van der Waals surface area contributed by atoms with Crippen LogP contribution in [0.1, 0.15) is 24.8 Å². The summed E-state index contributed by atoms with van der Waals surface area (Å²) in [6, 6.07) is 4.60. The SMILES string of the molecule is O=C(Nc1cnn2ccc(N3CC[C@H]4C[C@]43c3cc(F)ccc3F)nc12)N1CCC(F)(F)C1. The van der Waals surface area contributed by atoms with Gasteiger partial charge in [-0.2, -0.15) is 5.10 Å². The minimum Gasteiger partial charge on any atom is -0.346 e. The molecular formula is C22H20F4N6O. The molecule has 2 amide bonds. The number of anilines is 2. The summed E-state index contributed by atoms with van der Waals surface area (Å²) in [7, 11) is 0. The minimum absolute atomic E-state index is 0.0341. The van der Waals surface area contributed by atoms with Crippen LogP contribution < -0.4 is 10.2 Å². The topological polar surface area (TPSA) is 65.8 Å². The highest BCUT2D eigenvalue weighted by molar-refractivity contribution is 5.93. The van der Waals surface area contributed by atoms with Crippen LogP contribution in [0.5, 0.6) is 0 Å². The number of urea groups is 1. The van der Waals surface area contributed by atoms with Gasteiger partial charge in [-0.05, 0) is 43.0 Å². The van der Waals surface area contributed by atoms with E-state index in [-0.39, 0.29) is 24.6 Å². The molecule has 2 atom stereocenters. The van der Waals surface area contributed by atoms with Crippen LogP contribution in [0, 0.1) is 17.6 Å². The van der Waals surface area contributed by atoms with E-state index in [1.54, 1.807) is 12.3 Å². The van der Waals surface area contributed by atoms with Gasteiger partial charge in [0.1, 0.15) is 23.1 Å². The molecule has 1 aliphatic carbocycles. The molecule has 11 heteroatoms. The number of rotatable bonds is 3. The summed E-state index contributed by atoms with van der Waals surface area (Å²) in [5, 5.41) is 6.79. The van der Waals surface area contributed by atoms with Crippen molar-refractivity contribution >= 4 is 23.2 Å². The van der Waals surface area contributed by atoms with Crippen molar-refractivity contribution < 1.29 is 22.4 Å². The van der Waals surface area contributed by atoms with Gasteiger partial charge >= 0.3 is 6.03 Å². The fraction of sp³-hybridized carbons (Fsp3) is 0.409. The number of alkyl halides is 2. The smallest absolute Gasteiger partial charge is 0.322 e. The molecule has 3 fully saturated rings. The van der Waals surface area contributed by atoms with Gasteiger partial charge in [-0.3, -0.25) is 0 Å². The Hall–Kier alpha value is -3.37. The van der Waals surface area contributed by atoms with Crippen LogP contribution in [0.4, 0.5) is 33.9 Å². The van der Waals surface area contributed by atoms with Gasteiger partial charge in [-0.25, -0.2) is 31.9 Å². The van der Waals surface area contributed by atoms with E-state index in [0.717, 1.165) is 23.5 Å². The van der Waals surface area contributed by atoms with Gasteiger partial charge in [-0.15, -0.1) is 0 Å². The predicted molar refractivity (Wildman–Crippen MR) is 111 cm³/mol. The van der Waals surface area contributed by atoms with Gasteiger partial charge in [0.15, 0.2) is 5.65 Å². The van der Waals surface area contributed by atoms with Crippen molar-refractivity contribution in [2.24, 2.45) is 5.92 Å². The number of amides is 2. The Kier molecular flexibility index (Phi) is 4.18. The second kappa shape index (κ2) is 6.82. The van der Waals surface area contributed by atoms with E-state index in [4.69, 9.17) is 0 Å². The molecule has 0 unspecified atom stereocenters. The number of carbonyl (C=O) groups excluding carboxylic acids is 1. The van der Waals surface area contributed by atoms with E-state index in [1.165, 1.54) is 16.8 Å². The van der Waals surface area contributed by atoms with E-state index >= 15 is 0 Å². The zero-order chi connectivity index (χ0) is 23.0. The number of benzene rings is 1. The van der Waals surface area contributed by atoms with E-state index in [1.807, 2.05) is 4.90 Å². The van der Waals surface area contributed by atoms with E-state index in [9.17, 15) is 22.4 Å². The second-order valence-electron chi connectivity index (χ2n) is 8.96. The summed E-state index contributed by atoms with van der Waals surface area (Å²) in [5.41, 5.74) is 0.297. The van der Waals surface area contributed by atoms with Crippen molar-refractivity contribution in [1.29, 1.82) is 0 Å². The van der Waals surface area contributed by atoms with Gasteiger partial charge in [0.25, 0.3) is 5.92 Å². The van der Waals surface area contributed by atoms with Crippen LogP contribution in [0.2, 0.25) is 0 Å². The molecule has 4 heterocycles. The third kappa shape index (κ3) is 3.12. The van der Waals surface area contributed by atoms with Gasteiger partial charge in [0, 0.05) is 31.3 Å². The molecule has 2 saturated heterocycles. The quantitative estimate of drug-likeness (QED) is 0.600. The van der Waals surface area contributed by atoms with Gasteiger partial charge in [-0.1, -0.05) is 0 Å². The van der Waals surface area contributed by atoms with Crippen molar-refractivity contribution in [3.8, 4) is 0 Å². The summed E-state index contributed by atoms with van der Waals surface area (Å²) in [6.07, 6.45) is 4.24. The lowest BCUT2D eigenvalue weighted by atomic mass is 10.0. The molecule has 3 aromatic rings.